The van der Waals surface area contributed by atoms with E-state index in [0.29, 0.717) is 0 Å². The molecule has 1 aromatic rings. The molecule has 4 heteroatoms. The summed E-state index contributed by atoms with van der Waals surface area (Å²) in [4.78, 5) is 16.2. The van der Waals surface area contributed by atoms with Gasteiger partial charge in [-0.3, -0.25) is 4.57 Å². The quantitative estimate of drug-likeness (QED) is 0.610. The van der Waals surface area contributed by atoms with E-state index in [0.717, 1.165) is 36.6 Å². The van der Waals surface area contributed by atoms with Crippen molar-refractivity contribution in [2.75, 3.05) is 5.75 Å². The summed E-state index contributed by atoms with van der Waals surface area (Å²) in [5, 5.41) is 0.997. The van der Waals surface area contributed by atoms with Crippen LogP contribution in [0.3, 0.4) is 0 Å². The Labute approximate surface area is 107 Å². The maximum Gasteiger partial charge on any atom is 0.348 e. The number of fused-ring (bicyclic) bond motifs is 1. The highest BCUT2D eigenvalue weighted by Gasteiger charge is 2.19. The number of rotatable bonds is 4. The topological polar surface area (TPSA) is 34.9 Å². The maximum absolute atomic E-state index is 11.9. The van der Waals surface area contributed by atoms with Crippen LogP contribution < -0.4 is 5.69 Å². The van der Waals surface area contributed by atoms with Crippen LogP contribution in [0.1, 0.15) is 44.4 Å². The summed E-state index contributed by atoms with van der Waals surface area (Å²) in [5.74, 6) is 1.05. The highest BCUT2D eigenvalue weighted by molar-refractivity contribution is 7.99. The molecule has 0 radical (unpaired) electrons. The van der Waals surface area contributed by atoms with Crippen molar-refractivity contribution >= 4 is 11.8 Å². The highest BCUT2D eigenvalue weighted by atomic mass is 32.2. The molecule has 0 spiro atoms. The van der Waals surface area contributed by atoms with Gasteiger partial charge in [-0.15, -0.1) is 11.8 Å². The molecule has 2 rings (SSSR count). The van der Waals surface area contributed by atoms with Gasteiger partial charge in [-0.25, -0.2) is 4.79 Å². The largest absolute Gasteiger partial charge is 0.348 e. The van der Waals surface area contributed by atoms with Crippen LogP contribution in [0.25, 0.3) is 0 Å². The third-order valence-corrected chi connectivity index (χ3v) is 4.43. The first-order valence-corrected chi connectivity index (χ1v) is 7.51. The van der Waals surface area contributed by atoms with Gasteiger partial charge >= 0.3 is 5.69 Å². The summed E-state index contributed by atoms with van der Waals surface area (Å²) >= 11 is 1.74. The molecular weight excluding hydrogens is 232 g/mol. The Hall–Kier alpha value is -0.770. The Kier molecular flexibility index (Phi) is 4.26. The molecule has 0 amide bonds. The monoisotopic (exact) mass is 252 g/mol. The average Bonchev–Trinajstić information content (AvgIpc) is 2.36. The van der Waals surface area contributed by atoms with Crippen LogP contribution >= 0.6 is 11.8 Å². The molecule has 0 N–H and O–H groups in total. The van der Waals surface area contributed by atoms with E-state index in [-0.39, 0.29) is 5.69 Å². The molecule has 17 heavy (non-hydrogen) atoms. The molecule has 0 saturated heterocycles. The van der Waals surface area contributed by atoms with Crippen LogP contribution in [-0.2, 0) is 19.4 Å². The minimum absolute atomic E-state index is 0.0632. The summed E-state index contributed by atoms with van der Waals surface area (Å²) in [6, 6.07) is 0. The van der Waals surface area contributed by atoms with Crippen LogP contribution in [0.15, 0.2) is 9.82 Å². The number of hydrogen-bond donors (Lipinski definition) is 0. The van der Waals surface area contributed by atoms with E-state index >= 15 is 0 Å². The van der Waals surface area contributed by atoms with E-state index in [4.69, 9.17) is 0 Å². The molecule has 0 aliphatic heterocycles. The standard InChI is InChI=1S/C13H20N2OS/c1-3-9-17-12-10-7-5-6-8-11(10)15(4-2)13(16)14-12/h3-9H2,1-2H3. The summed E-state index contributed by atoms with van der Waals surface area (Å²) in [6.07, 6.45) is 5.69. The SMILES string of the molecule is CCCSc1nc(=O)n(CC)c2c1CCCC2. The lowest BCUT2D eigenvalue weighted by Gasteiger charge is -2.21. The van der Waals surface area contributed by atoms with E-state index in [1.807, 2.05) is 11.5 Å². The molecule has 3 nitrogen and oxygen atoms in total. The van der Waals surface area contributed by atoms with Crippen LogP contribution in [0, 0.1) is 0 Å². The van der Waals surface area contributed by atoms with Crippen molar-refractivity contribution in [3.05, 3.63) is 21.7 Å². The van der Waals surface area contributed by atoms with Crippen LogP contribution in [0.4, 0.5) is 0 Å². The van der Waals surface area contributed by atoms with Crippen molar-refractivity contribution in [1.29, 1.82) is 0 Å². The zero-order chi connectivity index (χ0) is 12.3. The van der Waals surface area contributed by atoms with Crippen molar-refractivity contribution in [3.63, 3.8) is 0 Å². The van der Waals surface area contributed by atoms with Gasteiger partial charge < -0.3 is 0 Å². The number of aromatic nitrogens is 2. The van der Waals surface area contributed by atoms with E-state index in [9.17, 15) is 4.79 Å². The van der Waals surface area contributed by atoms with E-state index in [1.165, 1.54) is 24.1 Å². The molecule has 0 unspecified atom stereocenters. The number of nitrogens with zero attached hydrogens (tertiary/aromatic N) is 2. The molecule has 1 aliphatic rings. The summed E-state index contributed by atoms with van der Waals surface area (Å²) in [6.45, 7) is 4.93. The van der Waals surface area contributed by atoms with Gasteiger partial charge in [0.2, 0.25) is 0 Å². The van der Waals surface area contributed by atoms with Gasteiger partial charge in [-0.05, 0) is 44.8 Å². The zero-order valence-corrected chi connectivity index (χ0v) is 11.5. The Morgan fingerprint density at radius 3 is 2.76 bits per heavy atom. The van der Waals surface area contributed by atoms with Crippen molar-refractivity contribution < 1.29 is 0 Å². The van der Waals surface area contributed by atoms with Crippen molar-refractivity contribution in [2.24, 2.45) is 0 Å². The van der Waals surface area contributed by atoms with Crippen LogP contribution in [0.5, 0.6) is 0 Å². The predicted octanol–water partition coefficient (Wildman–Crippen LogP) is 2.64. The number of thioether (sulfide) groups is 1. The Bertz CT molecular complexity index is 453. The molecule has 1 heterocycles. The molecule has 0 fully saturated rings. The van der Waals surface area contributed by atoms with Crippen molar-refractivity contribution in [1.82, 2.24) is 9.55 Å². The zero-order valence-electron chi connectivity index (χ0n) is 10.7. The first-order valence-electron chi connectivity index (χ1n) is 6.53. The van der Waals surface area contributed by atoms with Gasteiger partial charge in [0.25, 0.3) is 0 Å². The van der Waals surface area contributed by atoms with E-state index in [2.05, 4.69) is 11.9 Å². The minimum Gasteiger partial charge on any atom is -0.296 e. The lowest BCUT2D eigenvalue weighted by Crippen LogP contribution is -2.29. The van der Waals surface area contributed by atoms with E-state index < -0.39 is 0 Å². The second-order valence-electron chi connectivity index (χ2n) is 4.42. The molecular formula is C13H20N2OS. The molecule has 0 aromatic carbocycles. The van der Waals surface area contributed by atoms with Gasteiger partial charge in [-0.1, -0.05) is 6.92 Å². The fraction of sp³-hybridized carbons (Fsp3) is 0.692. The fourth-order valence-corrected chi connectivity index (χ4v) is 3.33. The maximum atomic E-state index is 11.9. The number of hydrogen-bond acceptors (Lipinski definition) is 3. The Morgan fingerprint density at radius 2 is 2.06 bits per heavy atom. The fourth-order valence-electron chi connectivity index (χ4n) is 2.39. The average molecular weight is 252 g/mol. The minimum atomic E-state index is -0.0632. The second kappa shape index (κ2) is 5.71. The normalized spacial score (nSPS) is 14.7. The van der Waals surface area contributed by atoms with Gasteiger partial charge in [0, 0.05) is 17.8 Å². The highest BCUT2D eigenvalue weighted by Crippen LogP contribution is 2.28. The van der Waals surface area contributed by atoms with Crippen molar-refractivity contribution in [3.8, 4) is 0 Å². The summed E-state index contributed by atoms with van der Waals surface area (Å²) in [5.41, 5.74) is 2.53. The molecule has 0 bridgehead atoms. The summed E-state index contributed by atoms with van der Waals surface area (Å²) in [7, 11) is 0. The molecule has 0 saturated carbocycles. The van der Waals surface area contributed by atoms with Gasteiger partial charge in [0.05, 0.1) is 0 Å². The molecule has 94 valence electrons. The van der Waals surface area contributed by atoms with E-state index in [1.54, 1.807) is 11.8 Å². The van der Waals surface area contributed by atoms with Gasteiger partial charge in [-0.2, -0.15) is 4.98 Å². The molecule has 1 aromatic heterocycles. The van der Waals surface area contributed by atoms with Crippen LogP contribution in [0.2, 0.25) is 0 Å². The summed E-state index contributed by atoms with van der Waals surface area (Å²) < 4.78 is 1.85. The van der Waals surface area contributed by atoms with Gasteiger partial charge in [0.1, 0.15) is 5.03 Å². The second-order valence-corrected chi connectivity index (χ2v) is 5.51. The first-order chi connectivity index (χ1) is 8.27. The lowest BCUT2D eigenvalue weighted by molar-refractivity contribution is 0.560. The first kappa shape index (κ1) is 12.7. The Balaban J connectivity index is 2.46. The lowest BCUT2D eigenvalue weighted by atomic mass is 9.97. The third-order valence-electron chi connectivity index (χ3n) is 3.21. The molecule has 1 aliphatic carbocycles. The predicted molar refractivity (Wildman–Crippen MR) is 71.8 cm³/mol. The molecule has 0 atom stereocenters. The Morgan fingerprint density at radius 1 is 1.29 bits per heavy atom. The smallest absolute Gasteiger partial charge is 0.296 e. The third kappa shape index (κ3) is 2.57. The van der Waals surface area contributed by atoms with Crippen LogP contribution in [-0.4, -0.2) is 15.3 Å². The van der Waals surface area contributed by atoms with Gasteiger partial charge in [0.15, 0.2) is 0 Å². The van der Waals surface area contributed by atoms with Crippen molar-refractivity contribution in [2.45, 2.75) is 57.5 Å².